The Bertz CT molecular complexity index is 677. The maximum atomic E-state index is 12.2. The number of amides is 1. The highest BCUT2D eigenvalue weighted by atomic mass is 16.5. The summed E-state index contributed by atoms with van der Waals surface area (Å²) in [5, 5.41) is 3.08. The summed E-state index contributed by atoms with van der Waals surface area (Å²) < 4.78 is 5.26. The van der Waals surface area contributed by atoms with Gasteiger partial charge in [-0.25, -0.2) is 0 Å². The van der Waals surface area contributed by atoms with Crippen molar-refractivity contribution < 1.29 is 9.53 Å². The molecule has 128 valence electrons. The van der Waals surface area contributed by atoms with E-state index in [1.54, 1.807) is 7.11 Å². The molecule has 0 bridgehead atoms. The minimum absolute atomic E-state index is 0.0287. The highest BCUT2D eigenvalue weighted by molar-refractivity contribution is 5.76. The monoisotopic (exact) mass is 325 g/mol. The number of benzene rings is 2. The Kier molecular flexibility index (Phi) is 6.42. The Hall–Kier alpha value is -2.29. The quantitative estimate of drug-likeness (QED) is 0.820. The molecule has 0 radical (unpaired) electrons. The number of ether oxygens (including phenoxy) is 1. The molecule has 2 aromatic rings. The van der Waals surface area contributed by atoms with E-state index in [1.165, 1.54) is 5.56 Å². The van der Waals surface area contributed by atoms with Crippen molar-refractivity contribution >= 4 is 5.91 Å². The van der Waals surface area contributed by atoms with Crippen LogP contribution in [0.5, 0.6) is 5.75 Å². The van der Waals surface area contributed by atoms with E-state index in [0.29, 0.717) is 6.42 Å². The molecule has 1 atom stereocenters. The Labute approximate surface area is 145 Å². The second kappa shape index (κ2) is 8.53. The highest BCUT2D eigenvalue weighted by Crippen LogP contribution is 2.19. The lowest BCUT2D eigenvalue weighted by molar-refractivity contribution is -0.121. The number of aryl methyl sites for hydroxylation is 3. The van der Waals surface area contributed by atoms with E-state index in [2.05, 4.69) is 42.6 Å². The van der Waals surface area contributed by atoms with E-state index in [9.17, 15) is 4.79 Å². The van der Waals surface area contributed by atoms with Crippen LogP contribution in [0.25, 0.3) is 0 Å². The fraction of sp³-hybridized carbons (Fsp3) is 0.381. The van der Waals surface area contributed by atoms with Crippen molar-refractivity contribution in [1.29, 1.82) is 0 Å². The molecule has 0 fully saturated rings. The minimum Gasteiger partial charge on any atom is -0.496 e. The van der Waals surface area contributed by atoms with Crippen molar-refractivity contribution in [1.82, 2.24) is 5.32 Å². The van der Waals surface area contributed by atoms with Gasteiger partial charge in [-0.3, -0.25) is 4.79 Å². The number of methoxy groups -OCH3 is 1. The Morgan fingerprint density at radius 1 is 1.12 bits per heavy atom. The van der Waals surface area contributed by atoms with Gasteiger partial charge in [0.05, 0.1) is 13.2 Å². The van der Waals surface area contributed by atoms with Crippen molar-refractivity contribution in [3.05, 3.63) is 64.7 Å². The number of carbonyl (C=O) groups is 1. The Balaban J connectivity index is 1.87. The van der Waals surface area contributed by atoms with E-state index < -0.39 is 0 Å². The van der Waals surface area contributed by atoms with Gasteiger partial charge >= 0.3 is 0 Å². The molecule has 24 heavy (non-hydrogen) atoms. The van der Waals surface area contributed by atoms with Crippen LogP contribution >= 0.6 is 0 Å². The average Bonchev–Trinajstić information content (AvgIpc) is 2.60. The summed E-state index contributed by atoms with van der Waals surface area (Å²) in [6, 6.07) is 14.5. The number of hydrogen-bond acceptors (Lipinski definition) is 2. The van der Waals surface area contributed by atoms with Gasteiger partial charge in [-0.1, -0.05) is 43.3 Å². The standard InChI is InChI=1S/C21H27NO2/c1-5-17-6-10-19(11-7-17)16(3)22-21(23)13-9-18-8-12-20(24-4)15(2)14-18/h6-8,10-12,14,16H,5,9,13H2,1-4H3,(H,22,23)/t16-/m0/s1. The molecule has 0 aromatic heterocycles. The molecule has 0 spiro atoms. The van der Waals surface area contributed by atoms with Crippen molar-refractivity contribution in [2.75, 3.05) is 7.11 Å². The maximum absolute atomic E-state index is 12.2. The van der Waals surface area contributed by atoms with Gasteiger partial charge in [0.2, 0.25) is 5.91 Å². The second-order valence-electron chi connectivity index (χ2n) is 6.19. The number of rotatable bonds is 7. The molecule has 2 rings (SSSR count). The topological polar surface area (TPSA) is 38.3 Å². The van der Waals surface area contributed by atoms with Crippen LogP contribution in [0.1, 0.15) is 48.6 Å². The van der Waals surface area contributed by atoms with Gasteiger partial charge in [-0.15, -0.1) is 0 Å². The van der Waals surface area contributed by atoms with Crippen LogP contribution in [0.4, 0.5) is 0 Å². The Morgan fingerprint density at radius 3 is 2.38 bits per heavy atom. The lowest BCUT2D eigenvalue weighted by Crippen LogP contribution is -2.26. The summed E-state index contributed by atoms with van der Waals surface area (Å²) in [5.74, 6) is 0.961. The molecule has 3 heteroatoms. The first kappa shape index (κ1) is 18.1. The van der Waals surface area contributed by atoms with Crippen molar-refractivity contribution in [2.24, 2.45) is 0 Å². The molecule has 0 aliphatic heterocycles. The van der Waals surface area contributed by atoms with Gasteiger partial charge in [-0.05, 0) is 55.0 Å². The Morgan fingerprint density at radius 2 is 1.79 bits per heavy atom. The highest BCUT2D eigenvalue weighted by Gasteiger charge is 2.10. The summed E-state index contributed by atoms with van der Waals surface area (Å²) >= 11 is 0. The molecule has 0 aliphatic rings. The third-order valence-corrected chi connectivity index (χ3v) is 4.37. The predicted octanol–water partition coefficient (Wildman–Crippen LogP) is 4.38. The largest absolute Gasteiger partial charge is 0.496 e. The lowest BCUT2D eigenvalue weighted by atomic mass is 10.0. The van der Waals surface area contributed by atoms with Gasteiger partial charge < -0.3 is 10.1 Å². The van der Waals surface area contributed by atoms with Gasteiger partial charge in [0, 0.05) is 6.42 Å². The van der Waals surface area contributed by atoms with Gasteiger partial charge in [0.15, 0.2) is 0 Å². The smallest absolute Gasteiger partial charge is 0.220 e. The van der Waals surface area contributed by atoms with E-state index in [-0.39, 0.29) is 11.9 Å². The summed E-state index contributed by atoms with van der Waals surface area (Å²) in [6.45, 7) is 6.18. The summed E-state index contributed by atoms with van der Waals surface area (Å²) in [7, 11) is 1.67. The van der Waals surface area contributed by atoms with Crippen LogP contribution in [-0.4, -0.2) is 13.0 Å². The van der Waals surface area contributed by atoms with Crippen LogP contribution in [0.15, 0.2) is 42.5 Å². The number of hydrogen-bond donors (Lipinski definition) is 1. The van der Waals surface area contributed by atoms with Crippen LogP contribution < -0.4 is 10.1 Å². The third kappa shape index (κ3) is 4.85. The van der Waals surface area contributed by atoms with Gasteiger partial charge in [-0.2, -0.15) is 0 Å². The normalized spacial score (nSPS) is 11.8. The van der Waals surface area contributed by atoms with Crippen LogP contribution in [0.3, 0.4) is 0 Å². The molecule has 0 saturated heterocycles. The van der Waals surface area contributed by atoms with Crippen molar-refractivity contribution in [3.63, 3.8) is 0 Å². The SMILES string of the molecule is CCc1ccc([C@H](C)NC(=O)CCc2ccc(OC)c(C)c2)cc1. The summed E-state index contributed by atoms with van der Waals surface area (Å²) in [5.41, 5.74) is 4.70. The molecule has 0 aliphatic carbocycles. The molecule has 0 heterocycles. The van der Waals surface area contributed by atoms with Crippen LogP contribution in [-0.2, 0) is 17.6 Å². The molecular weight excluding hydrogens is 298 g/mol. The number of carbonyl (C=O) groups excluding carboxylic acids is 1. The minimum atomic E-state index is 0.0287. The molecular formula is C21H27NO2. The summed E-state index contributed by atoms with van der Waals surface area (Å²) in [6.07, 6.45) is 2.25. The first-order valence-corrected chi connectivity index (χ1v) is 8.55. The number of nitrogens with one attached hydrogen (secondary N) is 1. The molecule has 1 amide bonds. The molecule has 3 nitrogen and oxygen atoms in total. The van der Waals surface area contributed by atoms with Gasteiger partial charge in [0.1, 0.15) is 5.75 Å². The average molecular weight is 325 g/mol. The van der Waals surface area contributed by atoms with E-state index in [1.807, 2.05) is 26.0 Å². The fourth-order valence-electron chi connectivity index (χ4n) is 2.79. The van der Waals surface area contributed by atoms with Crippen LogP contribution in [0.2, 0.25) is 0 Å². The molecule has 0 unspecified atom stereocenters. The summed E-state index contributed by atoms with van der Waals surface area (Å²) in [4.78, 5) is 12.2. The molecule has 2 aromatic carbocycles. The van der Waals surface area contributed by atoms with E-state index in [0.717, 1.165) is 35.3 Å². The fourth-order valence-corrected chi connectivity index (χ4v) is 2.79. The first-order chi connectivity index (χ1) is 11.5. The zero-order valence-electron chi connectivity index (χ0n) is 15.1. The lowest BCUT2D eigenvalue weighted by Gasteiger charge is -2.15. The zero-order valence-corrected chi connectivity index (χ0v) is 15.1. The third-order valence-electron chi connectivity index (χ3n) is 4.37. The van der Waals surface area contributed by atoms with E-state index >= 15 is 0 Å². The molecule has 1 N–H and O–H groups in total. The first-order valence-electron chi connectivity index (χ1n) is 8.55. The maximum Gasteiger partial charge on any atom is 0.220 e. The molecule has 0 saturated carbocycles. The van der Waals surface area contributed by atoms with Gasteiger partial charge in [0.25, 0.3) is 0 Å². The predicted molar refractivity (Wildman–Crippen MR) is 98.4 cm³/mol. The van der Waals surface area contributed by atoms with Crippen molar-refractivity contribution in [3.8, 4) is 5.75 Å². The van der Waals surface area contributed by atoms with Crippen LogP contribution in [0, 0.1) is 6.92 Å². The van der Waals surface area contributed by atoms with Crippen molar-refractivity contribution in [2.45, 2.75) is 46.1 Å². The second-order valence-corrected chi connectivity index (χ2v) is 6.19. The van der Waals surface area contributed by atoms with E-state index in [4.69, 9.17) is 4.74 Å². The zero-order chi connectivity index (χ0) is 17.5.